The zero-order valence-corrected chi connectivity index (χ0v) is 10.3. The number of aryl methyl sites for hydroxylation is 1. The zero-order valence-electron chi connectivity index (χ0n) is 10.3. The van der Waals surface area contributed by atoms with Gasteiger partial charge in [0, 0.05) is 36.1 Å². The highest BCUT2D eigenvalue weighted by molar-refractivity contribution is 5.38. The van der Waals surface area contributed by atoms with Gasteiger partial charge in [0.1, 0.15) is 0 Å². The molecule has 0 radical (unpaired) electrons. The summed E-state index contributed by atoms with van der Waals surface area (Å²) < 4.78 is 0. The van der Waals surface area contributed by atoms with Crippen molar-refractivity contribution < 1.29 is 0 Å². The predicted molar refractivity (Wildman–Crippen MR) is 65.3 cm³/mol. The van der Waals surface area contributed by atoms with Gasteiger partial charge in [-0.2, -0.15) is 0 Å². The molecule has 0 unspecified atom stereocenters. The molecule has 0 saturated carbocycles. The normalized spacial score (nSPS) is 19.1. The molecule has 16 heavy (non-hydrogen) atoms. The zero-order chi connectivity index (χ0) is 11.8. The second-order valence-corrected chi connectivity index (χ2v) is 5.05. The van der Waals surface area contributed by atoms with Crippen LogP contribution in [0.5, 0.6) is 0 Å². The van der Waals surface area contributed by atoms with Crippen molar-refractivity contribution in [1.29, 1.82) is 0 Å². The first-order valence-corrected chi connectivity index (χ1v) is 5.85. The maximum absolute atomic E-state index is 5.61. The Labute approximate surface area is 96.9 Å². The Morgan fingerprint density at radius 1 is 1.50 bits per heavy atom. The van der Waals surface area contributed by atoms with Crippen molar-refractivity contribution in [3.05, 3.63) is 17.5 Å². The average Bonchev–Trinajstić information content (AvgIpc) is 2.58. The topological polar surface area (TPSA) is 55.0 Å². The van der Waals surface area contributed by atoms with Crippen molar-refractivity contribution in [1.82, 2.24) is 9.97 Å². The van der Waals surface area contributed by atoms with Crippen LogP contribution >= 0.6 is 0 Å². The van der Waals surface area contributed by atoms with Crippen molar-refractivity contribution in [3.63, 3.8) is 0 Å². The smallest absolute Gasteiger partial charge is 0.225 e. The van der Waals surface area contributed by atoms with Gasteiger partial charge in [-0.05, 0) is 33.6 Å². The third kappa shape index (κ3) is 1.89. The molecule has 2 heterocycles. The quantitative estimate of drug-likeness (QED) is 0.823. The molecule has 1 aliphatic rings. The van der Waals surface area contributed by atoms with E-state index in [-0.39, 0.29) is 5.54 Å². The monoisotopic (exact) mass is 220 g/mol. The van der Waals surface area contributed by atoms with Crippen molar-refractivity contribution in [2.45, 2.75) is 45.7 Å². The summed E-state index contributed by atoms with van der Waals surface area (Å²) in [6, 6.07) is 0. The number of nitrogens with zero attached hydrogens (tertiary/aromatic N) is 3. The molecule has 88 valence electrons. The summed E-state index contributed by atoms with van der Waals surface area (Å²) in [4.78, 5) is 11.3. The molecule has 0 atom stereocenters. The molecular weight excluding hydrogens is 200 g/mol. The molecule has 0 bridgehead atoms. The number of hydrogen-bond donors (Lipinski definition) is 1. The highest BCUT2D eigenvalue weighted by atomic mass is 15.3. The van der Waals surface area contributed by atoms with E-state index < -0.39 is 0 Å². The molecule has 0 spiro atoms. The van der Waals surface area contributed by atoms with E-state index in [0.717, 1.165) is 23.8 Å². The fourth-order valence-electron chi connectivity index (χ4n) is 2.29. The highest BCUT2D eigenvalue weighted by Crippen LogP contribution is 2.31. The fourth-order valence-corrected chi connectivity index (χ4v) is 2.29. The maximum Gasteiger partial charge on any atom is 0.225 e. The molecule has 0 amide bonds. The maximum atomic E-state index is 5.61. The summed E-state index contributed by atoms with van der Waals surface area (Å²) in [5.74, 6) is 0.845. The van der Waals surface area contributed by atoms with Gasteiger partial charge < -0.3 is 10.6 Å². The molecule has 2 rings (SSSR count). The first kappa shape index (κ1) is 11.3. The molecule has 4 nitrogen and oxygen atoms in total. The van der Waals surface area contributed by atoms with E-state index in [1.165, 1.54) is 12.8 Å². The number of rotatable bonds is 2. The summed E-state index contributed by atoms with van der Waals surface area (Å²) >= 11 is 0. The molecule has 1 aromatic rings. The number of nitrogens with two attached hydrogens (primary N) is 1. The molecule has 4 heteroatoms. The summed E-state index contributed by atoms with van der Waals surface area (Å²) in [7, 11) is 0. The predicted octanol–water partition coefficient (Wildman–Crippen LogP) is 1.62. The van der Waals surface area contributed by atoms with Crippen LogP contribution in [0, 0.1) is 6.92 Å². The molecule has 0 aliphatic carbocycles. The Morgan fingerprint density at radius 3 is 2.75 bits per heavy atom. The van der Waals surface area contributed by atoms with E-state index in [9.17, 15) is 0 Å². The average molecular weight is 220 g/mol. The second kappa shape index (κ2) is 4.01. The standard InChI is InChI=1S/C12H20N4/c1-9-10(7-13)8-14-11(15-9)16-6-4-5-12(16,2)3/h8H,4-7,13H2,1-3H3. The first-order chi connectivity index (χ1) is 7.54. The lowest BCUT2D eigenvalue weighted by Crippen LogP contribution is -2.39. The Kier molecular flexibility index (Phi) is 2.84. The lowest BCUT2D eigenvalue weighted by atomic mass is 10.0. The van der Waals surface area contributed by atoms with Gasteiger partial charge in [-0.25, -0.2) is 9.97 Å². The van der Waals surface area contributed by atoms with Gasteiger partial charge in [-0.15, -0.1) is 0 Å². The minimum atomic E-state index is 0.177. The van der Waals surface area contributed by atoms with Crippen LogP contribution in [0.3, 0.4) is 0 Å². The second-order valence-electron chi connectivity index (χ2n) is 5.05. The van der Waals surface area contributed by atoms with Crippen LogP contribution in [-0.2, 0) is 6.54 Å². The molecule has 1 fully saturated rings. The van der Waals surface area contributed by atoms with Crippen molar-refractivity contribution in [2.24, 2.45) is 5.73 Å². The summed E-state index contributed by atoms with van der Waals surface area (Å²) in [5, 5.41) is 0. The Balaban J connectivity index is 2.31. The Morgan fingerprint density at radius 2 is 2.25 bits per heavy atom. The van der Waals surface area contributed by atoms with E-state index in [1.807, 2.05) is 13.1 Å². The van der Waals surface area contributed by atoms with Crippen LogP contribution in [0.4, 0.5) is 5.95 Å². The first-order valence-electron chi connectivity index (χ1n) is 5.85. The van der Waals surface area contributed by atoms with E-state index in [0.29, 0.717) is 6.54 Å². The number of aromatic nitrogens is 2. The van der Waals surface area contributed by atoms with Gasteiger partial charge >= 0.3 is 0 Å². The van der Waals surface area contributed by atoms with Crippen LogP contribution < -0.4 is 10.6 Å². The molecule has 0 aromatic carbocycles. The minimum absolute atomic E-state index is 0.177. The lowest BCUT2D eigenvalue weighted by Gasteiger charge is -2.31. The highest BCUT2D eigenvalue weighted by Gasteiger charge is 2.33. The summed E-state index contributed by atoms with van der Waals surface area (Å²) in [5.41, 5.74) is 7.82. The van der Waals surface area contributed by atoms with Crippen molar-refractivity contribution in [2.75, 3.05) is 11.4 Å². The molecular formula is C12H20N4. The third-order valence-electron chi connectivity index (χ3n) is 3.43. The molecule has 1 saturated heterocycles. The van der Waals surface area contributed by atoms with Gasteiger partial charge in [0.05, 0.1) is 0 Å². The van der Waals surface area contributed by atoms with E-state index in [4.69, 9.17) is 5.73 Å². The van der Waals surface area contributed by atoms with Crippen LogP contribution in [0.2, 0.25) is 0 Å². The summed E-state index contributed by atoms with van der Waals surface area (Å²) in [6.45, 7) is 8.05. The lowest BCUT2D eigenvalue weighted by molar-refractivity contribution is 0.509. The third-order valence-corrected chi connectivity index (χ3v) is 3.43. The van der Waals surface area contributed by atoms with Crippen LogP contribution in [0.25, 0.3) is 0 Å². The van der Waals surface area contributed by atoms with E-state index in [2.05, 4.69) is 28.7 Å². The van der Waals surface area contributed by atoms with Gasteiger partial charge in [-0.1, -0.05) is 0 Å². The largest absolute Gasteiger partial charge is 0.336 e. The van der Waals surface area contributed by atoms with Crippen molar-refractivity contribution >= 4 is 5.95 Å². The van der Waals surface area contributed by atoms with Crippen LogP contribution in [0.15, 0.2) is 6.20 Å². The SMILES string of the molecule is Cc1nc(N2CCCC2(C)C)ncc1CN. The van der Waals surface area contributed by atoms with E-state index >= 15 is 0 Å². The fraction of sp³-hybridized carbons (Fsp3) is 0.667. The molecule has 2 N–H and O–H groups in total. The Hall–Kier alpha value is -1.16. The van der Waals surface area contributed by atoms with Crippen molar-refractivity contribution in [3.8, 4) is 0 Å². The van der Waals surface area contributed by atoms with Gasteiger partial charge in [0.25, 0.3) is 0 Å². The Bertz CT molecular complexity index is 387. The van der Waals surface area contributed by atoms with Gasteiger partial charge in [-0.3, -0.25) is 0 Å². The van der Waals surface area contributed by atoms with Crippen LogP contribution in [0.1, 0.15) is 37.9 Å². The minimum Gasteiger partial charge on any atom is -0.336 e. The van der Waals surface area contributed by atoms with Crippen LogP contribution in [-0.4, -0.2) is 22.1 Å². The number of hydrogen-bond acceptors (Lipinski definition) is 4. The molecule has 1 aliphatic heterocycles. The van der Waals surface area contributed by atoms with Gasteiger partial charge in [0.2, 0.25) is 5.95 Å². The molecule has 1 aromatic heterocycles. The van der Waals surface area contributed by atoms with Gasteiger partial charge in [0.15, 0.2) is 0 Å². The summed E-state index contributed by atoms with van der Waals surface area (Å²) in [6.07, 6.45) is 4.27. The number of anilines is 1. The van der Waals surface area contributed by atoms with E-state index in [1.54, 1.807) is 0 Å².